The number of fused-ring (bicyclic) bond motifs is 1. The van der Waals surface area contributed by atoms with Crippen LogP contribution in [0.2, 0.25) is 5.15 Å². The van der Waals surface area contributed by atoms with E-state index < -0.39 is 0 Å². The van der Waals surface area contributed by atoms with E-state index in [0.717, 1.165) is 42.3 Å². The van der Waals surface area contributed by atoms with Gasteiger partial charge in [-0.1, -0.05) is 11.6 Å². The third-order valence-electron chi connectivity index (χ3n) is 3.78. The molecule has 0 amide bonds. The zero-order chi connectivity index (χ0) is 12.7. The molecule has 3 rings (SSSR count). The van der Waals surface area contributed by atoms with Gasteiger partial charge in [0, 0.05) is 17.7 Å². The van der Waals surface area contributed by atoms with Crippen LogP contribution in [0.3, 0.4) is 0 Å². The molecule has 1 aliphatic rings. The van der Waals surface area contributed by atoms with Crippen molar-refractivity contribution in [1.29, 1.82) is 0 Å². The largest absolute Gasteiger partial charge is 0.327 e. The van der Waals surface area contributed by atoms with Gasteiger partial charge >= 0.3 is 0 Å². The van der Waals surface area contributed by atoms with E-state index in [1.165, 1.54) is 6.33 Å². The van der Waals surface area contributed by atoms with Crippen LogP contribution >= 0.6 is 11.6 Å². The van der Waals surface area contributed by atoms with Crippen LogP contribution in [0.5, 0.6) is 0 Å². The fourth-order valence-corrected chi connectivity index (χ4v) is 3.12. The molecule has 0 spiro atoms. The van der Waals surface area contributed by atoms with Gasteiger partial charge in [-0.2, -0.15) is 0 Å². The SMILES string of the molecule is Cc1cc2c(Cl)ncnc2n1C1CCC(C=O)C1. The van der Waals surface area contributed by atoms with Gasteiger partial charge in [-0.05, 0) is 32.3 Å². The van der Waals surface area contributed by atoms with E-state index in [2.05, 4.69) is 14.5 Å². The number of carbonyl (C=O) groups excluding carboxylic acids is 1. The highest BCUT2D eigenvalue weighted by Gasteiger charge is 2.27. The minimum absolute atomic E-state index is 0.184. The number of nitrogens with zero attached hydrogens (tertiary/aromatic N) is 3. The topological polar surface area (TPSA) is 47.8 Å². The molecule has 18 heavy (non-hydrogen) atoms. The number of hydrogen-bond donors (Lipinski definition) is 0. The summed E-state index contributed by atoms with van der Waals surface area (Å²) in [7, 11) is 0. The lowest BCUT2D eigenvalue weighted by molar-refractivity contribution is -0.110. The maximum absolute atomic E-state index is 10.9. The zero-order valence-electron chi connectivity index (χ0n) is 10.1. The first kappa shape index (κ1) is 11.7. The molecule has 1 fully saturated rings. The molecule has 0 aliphatic heterocycles. The van der Waals surface area contributed by atoms with Crippen molar-refractivity contribution in [2.45, 2.75) is 32.2 Å². The summed E-state index contributed by atoms with van der Waals surface area (Å²) in [6.07, 6.45) is 5.45. The Labute approximate surface area is 110 Å². The van der Waals surface area contributed by atoms with Gasteiger partial charge in [0.1, 0.15) is 23.4 Å². The maximum Gasteiger partial charge on any atom is 0.145 e. The molecule has 1 saturated carbocycles. The molecule has 0 radical (unpaired) electrons. The molecule has 1 aliphatic carbocycles. The Bertz CT molecular complexity index is 608. The Balaban J connectivity index is 2.09. The van der Waals surface area contributed by atoms with Gasteiger partial charge in [0.2, 0.25) is 0 Å². The van der Waals surface area contributed by atoms with E-state index in [9.17, 15) is 4.79 Å². The third kappa shape index (κ3) is 1.72. The fourth-order valence-electron chi connectivity index (χ4n) is 2.94. The second-order valence-corrected chi connectivity index (χ2v) is 5.28. The summed E-state index contributed by atoms with van der Waals surface area (Å²) in [5, 5.41) is 1.39. The predicted molar refractivity (Wildman–Crippen MR) is 69.7 cm³/mol. The van der Waals surface area contributed by atoms with Gasteiger partial charge in [0.25, 0.3) is 0 Å². The first-order valence-corrected chi connectivity index (χ1v) is 6.52. The van der Waals surface area contributed by atoms with Gasteiger partial charge in [-0.25, -0.2) is 9.97 Å². The molecule has 0 N–H and O–H groups in total. The summed E-state index contributed by atoms with van der Waals surface area (Å²) in [4.78, 5) is 19.2. The van der Waals surface area contributed by atoms with E-state index in [1.807, 2.05) is 13.0 Å². The molecule has 0 saturated heterocycles. The smallest absolute Gasteiger partial charge is 0.145 e. The van der Waals surface area contributed by atoms with Crippen LogP contribution in [-0.4, -0.2) is 20.8 Å². The summed E-state index contributed by atoms with van der Waals surface area (Å²) in [5.41, 5.74) is 2.01. The van der Waals surface area contributed by atoms with Crippen LogP contribution < -0.4 is 0 Å². The van der Waals surface area contributed by atoms with Crippen molar-refractivity contribution in [3.05, 3.63) is 23.2 Å². The lowest BCUT2D eigenvalue weighted by Gasteiger charge is -2.15. The zero-order valence-corrected chi connectivity index (χ0v) is 10.9. The third-order valence-corrected chi connectivity index (χ3v) is 4.08. The molecular formula is C13H14ClN3O. The molecule has 5 heteroatoms. The summed E-state index contributed by atoms with van der Waals surface area (Å²) in [6.45, 7) is 2.05. The van der Waals surface area contributed by atoms with E-state index >= 15 is 0 Å². The Hall–Kier alpha value is -1.42. The molecule has 94 valence electrons. The Morgan fingerprint density at radius 1 is 1.44 bits per heavy atom. The molecule has 4 nitrogen and oxygen atoms in total. The van der Waals surface area contributed by atoms with Crippen LogP contribution in [0.25, 0.3) is 11.0 Å². The lowest BCUT2D eigenvalue weighted by atomic mass is 10.1. The monoisotopic (exact) mass is 263 g/mol. The highest BCUT2D eigenvalue weighted by molar-refractivity contribution is 6.33. The van der Waals surface area contributed by atoms with Gasteiger partial charge in [-0.3, -0.25) is 0 Å². The standard InChI is InChI=1S/C13H14ClN3O/c1-8-4-11-12(14)15-7-16-13(11)17(8)10-3-2-9(5-10)6-18/h4,6-7,9-10H,2-3,5H2,1H3. The molecule has 2 aromatic rings. The van der Waals surface area contributed by atoms with Crippen molar-refractivity contribution < 1.29 is 4.79 Å². The van der Waals surface area contributed by atoms with Crippen molar-refractivity contribution in [1.82, 2.24) is 14.5 Å². The number of hydrogen-bond acceptors (Lipinski definition) is 3. The summed E-state index contributed by atoms with van der Waals surface area (Å²) in [5.74, 6) is 0.184. The van der Waals surface area contributed by atoms with Crippen molar-refractivity contribution in [2.24, 2.45) is 5.92 Å². The first-order chi connectivity index (χ1) is 8.70. The molecule has 2 atom stereocenters. The fraction of sp³-hybridized carbons (Fsp3) is 0.462. The Morgan fingerprint density at radius 2 is 2.28 bits per heavy atom. The van der Waals surface area contributed by atoms with Crippen molar-refractivity contribution in [3.8, 4) is 0 Å². The number of rotatable bonds is 2. The Kier molecular flexibility index (Phi) is 2.82. The van der Waals surface area contributed by atoms with Crippen LogP contribution in [0, 0.1) is 12.8 Å². The van der Waals surface area contributed by atoms with E-state index in [4.69, 9.17) is 11.6 Å². The number of halogens is 1. The second kappa shape index (κ2) is 4.35. The maximum atomic E-state index is 10.9. The van der Waals surface area contributed by atoms with Crippen LogP contribution in [0.15, 0.2) is 12.4 Å². The number of aldehydes is 1. The molecular weight excluding hydrogens is 250 g/mol. The summed E-state index contributed by atoms with van der Waals surface area (Å²) < 4.78 is 2.20. The first-order valence-electron chi connectivity index (χ1n) is 6.14. The number of aromatic nitrogens is 3. The molecule has 2 heterocycles. The van der Waals surface area contributed by atoms with Crippen LogP contribution in [0.1, 0.15) is 31.0 Å². The predicted octanol–water partition coefficient (Wildman–Crippen LogP) is 2.93. The van der Waals surface area contributed by atoms with Crippen LogP contribution in [0.4, 0.5) is 0 Å². The highest BCUT2D eigenvalue weighted by Crippen LogP contribution is 2.37. The number of carbonyl (C=O) groups is 1. The van der Waals surface area contributed by atoms with Crippen molar-refractivity contribution in [2.75, 3.05) is 0 Å². The molecule has 0 aromatic carbocycles. The van der Waals surface area contributed by atoms with E-state index in [-0.39, 0.29) is 5.92 Å². The van der Waals surface area contributed by atoms with Gasteiger partial charge < -0.3 is 9.36 Å². The number of aryl methyl sites for hydroxylation is 1. The van der Waals surface area contributed by atoms with E-state index in [1.54, 1.807) is 0 Å². The quantitative estimate of drug-likeness (QED) is 0.618. The summed E-state index contributed by atoms with van der Waals surface area (Å²) in [6, 6.07) is 2.37. The molecule has 2 aromatic heterocycles. The van der Waals surface area contributed by atoms with Crippen molar-refractivity contribution in [3.63, 3.8) is 0 Å². The van der Waals surface area contributed by atoms with Gasteiger partial charge in [0.05, 0.1) is 5.39 Å². The normalized spacial score (nSPS) is 23.7. The van der Waals surface area contributed by atoms with Gasteiger partial charge in [-0.15, -0.1) is 0 Å². The Morgan fingerprint density at radius 3 is 3.00 bits per heavy atom. The van der Waals surface area contributed by atoms with Crippen LogP contribution in [-0.2, 0) is 4.79 Å². The highest BCUT2D eigenvalue weighted by atomic mass is 35.5. The average Bonchev–Trinajstić information content (AvgIpc) is 2.93. The lowest BCUT2D eigenvalue weighted by Crippen LogP contribution is -2.08. The van der Waals surface area contributed by atoms with Crippen molar-refractivity contribution >= 4 is 28.9 Å². The molecule has 2 unspecified atom stereocenters. The van der Waals surface area contributed by atoms with E-state index in [0.29, 0.717) is 11.2 Å². The average molecular weight is 264 g/mol. The molecule has 0 bridgehead atoms. The minimum atomic E-state index is 0.184. The second-order valence-electron chi connectivity index (χ2n) is 4.92. The van der Waals surface area contributed by atoms with Gasteiger partial charge in [0.15, 0.2) is 0 Å². The minimum Gasteiger partial charge on any atom is -0.327 e. The summed E-state index contributed by atoms with van der Waals surface area (Å²) >= 11 is 6.08.